The van der Waals surface area contributed by atoms with Gasteiger partial charge >= 0.3 is 0 Å². The van der Waals surface area contributed by atoms with Crippen LogP contribution in [0.3, 0.4) is 0 Å². The molecule has 2 aromatic rings. The van der Waals surface area contributed by atoms with Crippen LogP contribution in [0, 0.1) is 20.8 Å². The number of aromatic nitrogens is 4. The minimum atomic E-state index is 0.795. The Hall–Kier alpha value is -1.45. The molecule has 0 aliphatic heterocycles. The summed E-state index contributed by atoms with van der Waals surface area (Å²) in [6.45, 7) is 5.81. The van der Waals surface area contributed by atoms with Gasteiger partial charge in [-0.05, 0) is 20.8 Å². The standard InChI is InChI=1S/C8H10N4/c1-5-4-9-12-7(3)10-6(2)11-8(5)12/h4H,1-3H3. The molecule has 12 heavy (non-hydrogen) atoms. The van der Waals surface area contributed by atoms with E-state index >= 15 is 0 Å². The molecule has 0 aliphatic rings. The van der Waals surface area contributed by atoms with Gasteiger partial charge in [0.2, 0.25) is 0 Å². The summed E-state index contributed by atoms with van der Waals surface area (Å²) in [7, 11) is 0. The van der Waals surface area contributed by atoms with E-state index < -0.39 is 0 Å². The van der Waals surface area contributed by atoms with Crippen LogP contribution in [0.25, 0.3) is 5.65 Å². The Kier molecular flexibility index (Phi) is 1.36. The second kappa shape index (κ2) is 2.27. The third-order valence-electron chi connectivity index (χ3n) is 1.82. The molecule has 0 aliphatic carbocycles. The van der Waals surface area contributed by atoms with Crippen LogP contribution in [-0.2, 0) is 0 Å². The van der Waals surface area contributed by atoms with Gasteiger partial charge in [-0.25, -0.2) is 14.5 Å². The van der Waals surface area contributed by atoms with Crippen LogP contribution in [0.1, 0.15) is 17.2 Å². The fourth-order valence-corrected chi connectivity index (χ4v) is 1.26. The molecular weight excluding hydrogens is 152 g/mol. The van der Waals surface area contributed by atoms with E-state index in [2.05, 4.69) is 15.1 Å². The topological polar surface area (TPSA) is 43.1 Å². The lowest BCUT2D eigenvalue weighted by Crippen LogP contribution is -2.01. The van der Waals surface area contributed by atoms with E-state index in [1.54, 1.807) is 10.7 Å². The maximum absolute atomic E-state index is 4.29. The number of fused-ring (bicyclic) bond motifs is 1. The SMILES string of the molecule is Cc1nc(C)n2ncc(C)c2n1. The summed E-state index contributed by atoms with van der Waals surface area (Å²) in [5.74, 6) is 1.68. The van der Waals surface area contributed by atoms with Crippen LogP contribution >= 0.6 is 0 Å². The second-order valence-electron chi connectivity index (χ2n) is 2.88. The van der Waals surface area contributed by atoms with Crippen molar-refractivity contribution < 1.29 is 0 Å². The van der Waals surface area contributed by atoms with Crippen LogP contribution in [0.2, 0.25) is 0 Å². The quantitative estimate of drug-likeness (QED) is 0.581. The zero-order valence-electron chi connectivity index (χ0n) is 7.37. The van der Waals surface area contributed by atoms with Crippen LogP contribution in [-0.4, -0.2) is 19.6 Å². The average Bonchev–Trinajstić information content (AvgIpc) is 2.33. The van der Waals surface area contributed by atoms with E-state index in [1.807, 2.05) is 20.8 Å². The summed E-state index contributed by atoms with van der Waals surface area (Å²) in [5.41, 5.74) is 1.99. The predicted molar refractivity (Wildman–Crippen MR) is 45.0 cm³/mol. The highest BCUT2D eigenvalue weighted by Gasteiger charge is 2.04. The average molecular weight is 162 g/mol. The molecule has 0 saturated heterocycles. The first-order chi connectivity index (χ1) is 5.68. The smallest absolute Gasteiger partial charge is 0.162 e. The highest BCUT2D eigenvalue weighted by molar-refractivity contribution is 5.45. The first kappa shape index (κ1) is 7.21. The largest absolute Gasteiger partial charge is 0.219 e. The van der Waals surface area contributed by atoms with Crippen molar-refractivity contribution in [3.05, 3.63) is 23.4 Å². The van der Waals surface area contributed by atoms with Gasteiger partial charge < -0.3 is 0 Å². The van der Waals surface area contributed by atoms with Gasteiger partial charge in [0.1, 0.15) is 11.6 Å². The van der Waals surface area contributed by atoms with Crippen molar-refractivity contribution in [2.45, 2.75) is 20.8 Å². The van der Waals surface area contributed by atoms with Crippen molar-refractivity contribution in [3.63, 3.8) is 0 Å². The highest BCUT2D eigenvalue weighted by Crippen LogP contribution is 2.07. The van der Waals surface area contributed by atoms with E-state index in [9.17, 15) is 0 Å². The molecule has 62 valence electrons. The van der Waals surface area contributed by atoms with Gasteiger partial charge in [0, 0.05) is 5.56 Å². The third-order valence-corrected chi connectivity index (χ3v) is 1.82. The molecule has 0 saturated carbocycles. The maximum atomic E-state index is 4.29. The van der Waals surface area contributed by atoms with E-state index in [-0.39, 0.29) is 0 Å². The summed E-state index contributed by atoms with van der Waals surface area (Å²) in [4.78, 5) is 8.49. The summed E-state index contributed by atoms with van der Waals surface area (Å²) in [5, 5.41) is 4.15. The molecule has 2 heterocycles. The fourth-order valence-electron chi connectivity index (χ4n) is 1.26. The third kappa shape index (κ3) is 0.879. The Bertz CT molecular complexity index is 430. The van der Waals surface area contributed by atoms with Gasteiger partial charge in [-0.15, -0.1) is 0 Å². The Morgan fingerprint density at radius 3 is 2.67 bits per heavy atom. The number of hydrogen-bond acceptors (Lipinski definition) is 3. The first-order valence-corrected chi connectivity index (χ1v) is 3.84. The number of rotatable bonds is 0. The molecular formula is C8H10N4. The van der Waals surface area contributed by atoms with Crippen LogP contribution < -0.4 is 0 Å². The lowest BCUT2D eigenvalue weighted by Gasteiger charge is -1.98. The predicted octanol–water partition coefficient (Wildman–Crippen LogP) is 1.05. The molecule has 2 aromatic heterocycles. The molecule has 0 aromatic carbocycles. The van der Waals surface area contributed by atoms with E-state index in [0.29, 0.717) is 0 Å². The van der Waals surface area contributed by atoms with Gasteiger partial charge in [0.05, 0.1) is 6.20 Å². The summed E-state index contributed by atoms with van der Waals surface area (Å²) in [6, 6.07) is 0. The molecule has 0 atom stereocenters. The number of aryl methyl sites for hydroxylation is 3. The van der Waals surface area contributed by atoms with Gasteiger partial charge in [-0.2, -0.15) is 5.10 Å². The van der Waals surface area contributed by atoms with Crippen molar-refractivity contribution >= 4 is 5.65 Å². The van der Waals surface area contributed by atoms with Crippen molar-refractivity contribution in [3.8, 4) is 0 Å². The van der Waals surface area contributed by atoms with Crippen molar-refractivity contribution in [1.29, 1.82) is 0 Å². The second-order valence-corrected chi connectivity index (χ2v) is 2.88. The molecule has 0 unspecified atom stereocenters. The minimum absolute atomic E-state index is 0.795. The van der Waals surface area contributed by atoms with E-state index in [4.69, 9.17) is 0 Å². The molecule has 4 heteroatoms. The highest BCUT2D eigenvalue weighted by atomic mass is 15.3. The van der Waals surface area contributed by atoms with Gasteiger partial charge in [0.25, 0.3) is 0 Å². The first-order valence-electron chi connectivity index (χ1n) is 3.84. The van der Waals surface area contributed by atoms with Gasteiger partial charge in [0.15, 0.2) is 5.65 Å². The fraction of sp³-hybridized carbons (Fsp3) is 0.375. The lowest BCUT2D eigenvalue weighted by molar-refractivity contribution is 0.817. The minimum Gasteiger partial charge on any atom is -0.219 e. The lowest BCUT2D eigenvalue weighted by atomic mass is 10.4. The van der Waals surface area contributed by atoms with Gasteiger partial charge in [-0.3, -0.25) is 0 Å². The summed E-state index contributed by atoms with van der Waals surface area (Å²) < 4.78 is 1.75. The van der Waals surface area contributed by atoms with Gasteiger partial charge in [-0.1, -0.05) is 0 Å². The number of hydrogen-bond donors (Lipinski definition) is 0. The maximum Gasteiger partial charge on any atom is 0.162 e. The molecule has 0 bridgehead atoms. The van der Waals surface area contributed by atoms with Crippen molar-refractivity contribution in [2.24, 2.45) is 0 Å². The van der Waals surface area contributed by atoms with Crippen LogP contribution in [0.5, 0.6) is 0 Å². The zero-order valence-corrected chi connectivity index (χ0v) is 7.37. The monoisotopic (exact) mass is 162 g/mol. The molecule has 0 spiro atoms. The van der Waals surface area contributed by atoms with Crippen LogP contribution in [0.4, 0.5) is 0 Å². The van der Waals surface area contributed by atoms with E-state index in [0.717, 1.165) is 22.9 Å². The molecule has 0 amide bonds. The Balaban J connectivity index is 2.92. The number of nitrogens with zero attached hydrogens (tertiary/aromatic N) is 4. The Labute approximate surface area is 70.3 Å². The summed E-state index contributed by atoms with van der Waals surface area (Å²) in [6.07, 6.45) is 1.80. The molecule has 0 radical (unpaired) electrons. The Morgan fingerprint density at radius 2 is 1.92 bits per heavy atom. The molecule has 0 fully saturated rings. The molecule has 0 N–H and O–H groups in total. The normalized spacial score (nSPS) is 10.9. The van der Waals surface area contributed by atoms with Crippen LogP contribution in [0.15, 0.2) is 6.20 Å². The molecule has 4 nitrogen and oxygen atoms in total. The van der Waals surface area contributed by atoms with Crippen molar-refractivity contribution in [2.75, 3.05) is 0 Å². The van der Waals surface area contributed by atoms with Crippen molar-refractivity contribution in [1.82, 2.24) is 19.6 Å². The Morgan fingerprint density at radius 1 is 1.17 bits per heavy atom. The van der Waals surface area contributed by atoms with E-state index in [1.165, 1.54) is 0 Å². The summed E-state index contributed by atoms with van der Waals surface area (Å²) >= 11 is 0. The zero-order chi connectivity index (χ0) is 8.72. The molecule has 2 rings (SSSR count).